The van der Waals surface area contributed by atoms with Crippen molar-refractivity contribution in [3.05, 3.63) is 29.3 Å². The first-order valence-corrected chi connectivity index (χ1v) is 7.23. The lowest BCUT2D eigenvalue weighted by atomic mass is 9.89. The van der Waals surface area contributed by atoms with Crippen molar-refractivity contribution in [1.82, 2.24) is 0 Å². The minimum atomic E-state index is -0.440. The van der Waals surface area contributed by atoms with Gasteiger partial charge in [-0.3, -0.25) is 0 Å². The average molecular weight is 265 g/mol. The Hall–Kier alpha value is -1.06. The summed E-state index contributed by atoms with van der Waals surface area (Å²) in [5.74, 6) is 1.24. The van der Waals surface area contributed by atoms with Crippen LogP contribution in [0.2, 0.25) is 0 Å². The Kier molecular flexibility index (Phi) is 6.89. The fourth-order valence-electron chi connectivity index (χ4n) is 2.27. The SMILES string of the molecule is CCCOc1ccc(C)cc1C(CC)CC(O)CN. The Balaban J connectivity index is 2.95. The molecule has 2 atom stereocenters. The Labute approximate surface area is 116 Å². The fourth-order valence-corrected chi connectivity index (χ4v) is 2.27. The molecule has 3 N–H and O–H groups in total. The maximum atomic E-state index is 9.79. The third-order valence-electron chi connectivity index (χ3n) is 3.39. The molecule has 0 aliphatic carbocycles. The van der Waals surface area contributed by atoms with Gasteiger partial charge in [-0.25, -0.2) is 0 Å². The van der Waals surface area contributed by atoms with Crippen LogP contribution in [0.1, 0.15) is 50.2 Å². The molecule has 0 bridgehead atoms. The molecule has 0 heterocycles. The molecule has 0 aliphatic heterocycles. The van der Waals surface area contributed by atoms with E-state index in [1.165, 1.54) is 11.1 Å². The van der Waals surface area contributed by atoms with Crippen LogP contribution in [-0.4, -0.2) is 24.4 Å². The highest BCUT2D eigenvalue weighted by atomic mass is 16.5. The van der Waals surface area contributed by atoms with E-state index in [1.54, 1.807) is 0 Å². The van der Waals surface area contributed by atoms with Gasteiger partial charge < -0.3 is 15.6 Å². The number of nitrogens with two attached hydrogens (primary N) is 1. The van der Waals surface area contributed by atoms with Crippen LogP contribution in [-0.2, 0) is 0 Å². The number of aryl methyl sites for hydroxylation is 1. The smallest absolute Gasteiger partial charge is 0.122 e. The molecule has 0 aliphatic rings. The van der Waals surface area contributed by atoms with Crippen molar-refractivity contribution in [2.75, 3.05) is 13.2 Å². The van der Waals surface area contributed by atoms with Gasteiger partial charge in [-0.1, -0.05) is 31.5 Å². The van der Waals surface area contributed by atoms with Crippen LogP contribution in [0.15, 0.2) is 18.2 Å². The second kappa shape index (κ2) is 8.18. The van der Waals surface area contributed by atoms with E-state index < -0.39 is 6.10 Å². The Morgan fingerprint density at radius 3 is 2.63 bits per heavy atom. The van der Waals surface area contributed by atoms with Crippen LogP contribution in [0.25, 0.3) is 0 Å². The van der Waals surface area contributed by atoms with Crippen LogP contribution >= 0.6 is 0 Å². The van der Waals surface area contributed by atoms with Gasteiger partial charge in [-0.05, 0) is 43.7 Å². The van der Waals surface area contributed by atoms with Gasteiger partial charge in [0.15, 0.2) is 0 Å². The molecule has 0 saturated heterocycles. The third kappa shape index (κ3) is 4.84. The van der Waals surface area contributed by atoms with Crippen LogP contribution in [0.3, 0.4) is 0 Å². The van der Waals surface area contributed by atoms with Gasteiger partial charge in [0.1, 0.15) is 5.75 Å². The van der Waals surface area contributed by atoms with E-state index in [2.05, 4.69) is 32.9 Å². The molecule has 0 fully saturated rings. The number of ether oxygens (including phenoxy) is 1. The molecule has 3 nitrogen and oxygen atoms in total. The zero-order valence-corrected chi connectivity index (χ0v) is 12.4. The summed E-state index contributed by atoms with van der Waals surface area (Å²) in [6, 6.07) is 6.28. The summed E-state index contributed by atoms with van der Waals surface area (Å²) in [7, 11) is 0. The average Bonchev–Trinajstić information content (AvgIpc) is 2.43. The van der Waals surface area contributed by atoms with Gasteiger partial charge >= 0.3 is 0 Å². The first-order chi connectivity index (χ1) is 9.12. The van der Waals surface area contributed by atoms with Crippen molar-refractivity contribution in [3.8, 4) is 5.75 Å². The summed E-state index contributed by atoms with van der Waals surface area (Å²) in [6.45, 7) is 7.36. The van der Waals surface area contributed by atoms with Gasteiger partial charge in [-0.2, -0.15) is 0 Å². The predicted octanol–water partition coefficient (Wildman–Crippen LogP) is 2.99. The van der Waals surface area contributed by atoms with Gasteiger partial charge in [0.2, 0.25) is 0 Å². The second-order valence-electron chi connectivity index (χ2n) is 5.12. The number of hydrogen-bond acceptors (Lipinski definition) is 3. The molecule has 1 rings (SSSR count). The molecule has 0 amide bonds. The molecule has 0 spiro atoms. The number of benzene rings is 1. The van der Waals surface area contributed by atoms with E-state index >= 15 is 0 Å². The number of rotatable bonds is 8. The minimum absolute atomic E-state index is 0.297. The van der Waals surface area contributed by atoms with Crippen molar-refractivity contribution in [2.24, 2.45) is 5.73 Å². The molecule has 0 radical (unpaired) electrons. The topological polar surface area (TPSA) is 55.5 Å². The summed E-state index contributed by atoms with van der Waals surface area (Å²) < 4.78 is 5.83. The standard InChI is InChI=1S/C16H27NO2/c1-4-8-19-16-7-6-12(3)9-15(16)13(5-2)10-14(18)11-17/h6-7,9,13-14,18H,4-5,8,10-11,17H2,1-3H3. The lowest BCUT2D eigenvalue weighted by Gasteiger charge is -2.22. The van der Waals surface area contributed by atoms with Gasteiger partial charge in [0.25, 0.3) is 0 Å². The van der Waals surface area contributed by atoms with Crippen molar-refractivity contribution in [1.29, 1.82) is 0 Å². The quantitative estimate of drug-likeness (QED) is 0.759. The van der Waals surface area contributed by atoms with Crippen LogP contribution in [0.5, 0.6) is 5.75 Å². The molecule has 3 heteroatoms. The highest BCUT2D eigenvalue weighted by Gasteiger charge is 2.18. The lowest BCUT2D eigenvalue weighted by Crippen LogP contribution is -2.22. The van der Waals surface area contributed by atoms with Crippen molar-refractivity contribution < 1.29 is 9.84 Å². The Morgan fingerprint density at radius 1 is 1.32 bits per heavy atom. The summed E-state index contributed by atoms with van der Waals surface area (Å²) >= 11 is 0. The molecule has 19 heavy (non-hydrogen) atoms. The Bertz CT molecular complexity index is 379. The summed E-state index contributed by atoms with van der Waals surface area (Å²) in [6.07, 6.45) is 2.22. The first kappa shape index (κ1) is 16.0. The summed E-state index contributed by atoms with van der Waals surface area (Å²) in [5.41, 5.74) is 7.94. The summed E-state index contributed by atoms with van der Waals surface area (Å²) in [4.78, 5) is 0. The molecular formula is C16H27NO2. The van der Waals surface area contributed by atoms with Crippen molar-refractivity contribution >= 4 is 0 Å². The van der Waals surface area contributed by atoms with Crippen LogP contribution < -0.4 is 10.5 Å². The lowest BCUT2D eigenvalue weighted by molar-refractivity contribution is 0.161. The molecule has 0 saturated carbocycles. The highest BCUT2D eigenvalue weighted by Crippen LogP contribution is 2.33. The molecule has 1 aromatic carbocycles. The normalized spacial score (nSPS) is 14.2. The fraction of sp³-hybridized carbons (Fsp3) is 0.625. The van der Waals surface area contributed by atoms with E-state index in [-0.39, 0.29) is 0 Å². The monoisotopic (exact) mass is 265 g/mol. The predicted molar refractivity (Wildman–Crippen MR) is 79.7 cm³/mol. The van der Waals surface area contributed by atoms with E-state index in [0.717, 1.165) is 25.2 Å². The molecule has 108 valence electrons. The van der Waals surface area contributed by atoms with E-state index in [9.17, 15) is 5.11 Å². The van der Waals surface area contributed by atoms with Gasteiger partial charge in [-0.15, -0.1) is 0 Å². The number of aliphatic hydroxyl groups excluding tert-OH is 1. The molecule has 0 aromatic heterocycles. The van der Waals surface area contributed by atoms with Gasteiger partial charge in [0.05, 0.1) is 12.7 Å². The molecule has 1 aromatic rings. The molecular weight excluding hydrogens is 238 g/mol. The zero-order chi connectivity index (χ0) is 14.3. The number of hydrogen-bond donors (Lipinski definition) is 2. The maximum absolute atomic E-state index is 9.79. The second-order valence-corrected chi connectivity index (χ2v) is 5.12. The van der Waals surface area contributed by atoms with Crippen molar-refractivity contribution in [2.45, 2.75) is 52.1 Å². The van der Waals surface area contributed by atoms with E-state index in [4.69, 9.17) is 10.5 Å². The maximum Gasteiger partial charge on any atom is 0.122 e. The Morgan fingerprint density at radius 2 is 2.05 bits per heavy atom. The van der Waals surface area contributed by atoms with E-state index in [1.807, 2.05) is 6.07 Å². The third-order valence-corrected chi connectivity index (χ3v) is 3.39. The number of aliphatic hydroxyl groups is 1. The highest BCUT2D eigenvalue weighted by molar-refractivity contribution is 5.39. The summed E-state index contributed by atoms with van der Waals surface area (Å²) in [5, 5.41) is 9.79. The zero-order valence-electron chi connectivity index (χ0n) is 12.4. The van der Waals surface area contributed by atoms with E-state index in [0.29, 0.717) is 18.9 Å². The van der Waals surface area contributed by atoms with Gasteiger partial charge in [0, 0.05) is 6.54 Å². The van der Waals surface area contributed by atoms with Crippen LogP contribution in [0.4, 0.5) is 0 Å². The minimum Gasteiger partial charge on any atom is -0.493 e. The van der Waals surface area contributed by atoms with Crippen molar-refractivity contribution in [3.63, 3.8) is 0 Å². The van der Waals surface area contributed by atoms with Crippen LogP contribution in [0, 0.1) is 6.92 Å². The largest absolute Gasteiger partial charge is 0.493 e. The molecule has 2 unspecified atom stereocenters. The first-order valence-electron chi connectivity index (χ1n) is 7.23.